The maximum absolute atomic E-state index is 12.6. The number of hydrogen-bond acceptors (Lipinski definition) is 4. The third kappa shape index (κ3) is 6.42. The van der Waals surface area contributed by atoms with Gasteiger partial charge in [0.05, 0.1) is 19.3 Å². The minimum Gasteiger partial charge on any atom is -0.495 e. The molecule has 27 heavy (non-hydrogen) atoms. The number of carbonyl (C=O) groups is 2. The molecule has 144 valence electrons. The topological polar surface area (TPSA) is 70.7 Å². The maximum Gasteiger partial charge on any atom is 0.238 e. The highest BCUT2D eigenvalue weighted by Crippen LogP contribution is 2.28. The number of nitrogens with one attached hydrogen (secondary N) is 2. The Morgan fingerprint density at radius 3 is 2.37 bits per heavy atom. The zero-order valence-corrected chi connectivity index (χ0v) is 16.3. The molecule has 0 radical (unpaired) electrons. The largest absolute Gasteiger partial charge is 0.495 e. The van der Waals surface area contributed by atoms with E-state index in [1.54, 1.807) is 25.3 Å². The Kier molecular flexibility index (Phi) is 7.37. The van der Waals surface area contributed by atoms with Crippen LogP contribution >= 0.6 is 0 Å². The van der Waals surface area contributed by atoms with Crippen molar-refractivity contribution in [3.05, 3.63) is 54.1 Å². The van der Waals surface area contributed by atoms with Crippen molar-refractivity contribution in [2.45, 2.75) is 33.4 Å². The fourth-order valence-electron chi connectivity index (χ4n) is 2.70. The van der Waals surface area contributed by atoms with Gasteiger partial charge in [-0.1, -0.05) is 30.3 Å². The van der Waals surface area contributed by atoms with Crippen LogP contribution in [0.1, 0.15) is 26.3 Å². The highest BCUT2D eigenvalue weighted by Gasteiger charge is 2.16. The Balaban J connectivity index is 2.09. The summed E-state index contributed by atoms with van der Waals surface area (Å²) in [5, 5.41) is 5.59. The molecule has 0 aliphatic carbocycles. The van der Waals surface area contributed by atoms with Gasteiger partial charge >= 0.3 is 0 Å². The average Bonchev–Trinajstić information content (AvgIpc) is 2.61. The lowest BCUT2D eigenvalue weighted by Gasteiger charge is -2.26. The molecule has 0 aromatic heterocycles. The van der Waals surface area contributed by atoms with E-state index in [9.17, 15) is 9.59 Å². The molecule has 2 N–H and O–H groups in total. The summed E-state index contributed by atoms with van der Waals surface area (Å²) >= 11 is 0. The van der Waals surface area contributed by atoms with E-state index in [-0.39, 0.29) is 24.4 Å². The molecule has 2 aromatic rings. The van der Waals surface area contributed by atoms with E-state index < -0.39 is 0 Å². The molecule has 2 amide bonds. The van der Waals surface area contributed by atoms with E-state index in [0.717, 1.165) is 5.56 Å². The number of benzene rings is 2. The van der Waals surface area contributed by atoms with Crippen LogP contribution in [0, 0.1) is 0 Å². The molecular formula is C21H27N3O3. The van der Waals surface area contributed by atoms with Gasteiger partial charge in [-0.15, -0.1) is 0 Å². The highest BCUT2D eigenvalue weighted by atomic mass is 16.5. The van der Waals surface area contributed by atoms with Crippen molar-refractivity contribution in [1.29, 1.82) is 0 Å². The number of methoxy groups -OCH3 is 1. The fraction of sp³-hybridized carbons (Fsp3) is 0.333. The molecule has 0 heterocycles. The molecule has 0 saturated carbocycles. The summed E-state index contributed by atoms with van der Waals surface area (Å²) < 4.78 is 5.31. The first kappa shape index (κ1) is 20.5. The number of carbonyl (C=O) groups excluding carboxylic acids is 2. The number of hydrogen-bond donors (Lipinski definition) is 2. The lowest BCUT2D eigenvalue weighted by atomic mass is 10.2. The zero-order chi connectivity index (χ0) is 19.8. The van der Waals surface area contributed by atoms with Crippen LogP contribution in [0.25, 0.3) is 0 Å². The monoisotopic (exact) mass is 369 g/mol. The van der Waals surface area contributed by atoms with Gasteiger partial charge in [-0.05, 0) is 37.6 Å². The van der Waals surface area contributed by atoms with Gasteiger partial charge in [-0.3, -0.25) is 14.5 Å². The fourth-order valence-corrected chi connectivity index (χ4v) is 2.70. The van der Waals surface area contributed by atoms with Crippen molar-refractivity contribution < 1.29 is 14.3 Å². The Morgan fingerprint density at radius 2 is 1.78 bits per heavy atom. The van der Waals surface area contributed by atoms with Gasteiger partial charge in [0.1, 0.15) is 5.75 Å². The SMILES string of the molecule is COc1ccc(NC(C)=O)cc1NC(=O)CN(Cc1ccccc1)C(C)C. The van der Waals surface area contributed by atoms with Gasteiger partial charge in [0, 0.05) is 25.2 Å². The number of rotatable bonds is 8. The van der Waals surface area contributed by atoms with Crippen molar-refractivity contribution in [2.75, 3.05) is 24.3 Å². The van der Waals surface area contributed by atoms with Gasteiger partial charge in [-0.25, -0.2) is 0 Å². The highest BCUT2D eigenvalue weighted by molar-refractivity contribution is 5.95. The molecule has 2 rings (SSSR count). The standard InChI is InChI=1S/C21H27N3O3/c1-15(2)24(13-17-8-6-5-7-9-17)14-21(26)23-19-12-18(22-16(3)25)10-11-20(19)27-4/h5-12,15H,13-14H2,1-4H3,(H,22,25)(H,23,26). The Hall–Kier alpha value is -2.86. The molecule has 0 saturated heterocycles. The second-order valence-corrected chi connectivity index (χ2v) is 6.63. The molecule has 6 heteroatoms. The van der Waals surface area contributed by atoms with E-state index in [1.165, 1.54) is 6.92 Å². The molecular weight excluding hydrogens is 342 g/mol. The summed E-state index contributed by atoms with van der Waals surface area (Å²) in [6.07, 6.45) is 0. The summed E-state index contributed by atoms with van der Waals surface area (Å²) in [6.45, 7) is 6.50. The Labute approximate surface area is 160 Å². The van der Waals surface area contributed by atoms with Crippen LogP contribution in [0.3, 0.4) is 0 Å². The molecule has 2 aromatic carbocycles. The minimum atomic E-state index is -0.175. The van der Waals surface area contributed by atoms with Crippen molar-refractivity contribution >= 4 is 23.2 Å². The van der Waals surface area contributed by atoms with Crippen LogP contribution in [0.4, 0.5) is 11.4 Å². The number of ether oxygens (including phenoxy) is 1. The molecule has 6 nitrogen and oxygen atoms in total. The summed E-state index contributed by atoms with van der Waals surface area (Å²) in [5.74, 6) is 0.223. The molecule has 0 atom stereocenters. The molecule has 0 fully saturated rings. The van der Waals surface area contributed by atoms with Gasteiger partial charge in [0.15, 0.2) is 0 Å². The van der Waals surface area contributed by atoms with E-state index in [1.807, 2.05) is 30.3 Å². The summed E-state index contributed by atoms with van der Waals surface area (Å²) in [5.41, 5.74) is 2.28. The van der Waals surface area contributed by atoms with Crippen molar-refractivity contribution in [3.63, 3.8) is 0 Å². The molecule has 0 aliphatic rings. The van der Waals surface area contributed by atoms with E-state index in [4.69, 9.17) is 4.74 Å². The predicted molar refractivity (Wildman–Crippen MR) is 108 cm³/mol. The van der Waals surface area contributed by atoms with E-state index >= 15 is 0 Å². The smallest absolute Gasteiger partial charge is 0.238 e. The van der Waals surface area contributed by atoms with Crippen LogP contribution in [0.5, 0.6) is 5.75 Å². The molecule has 0 aliphatic heterocycles. The zero-order valence-electron chi connectivity index (χ0n) is 16.3. The quantitative estimate of drug-likeness (QED) is 0.747. The molecule has 0 unspecified atom stereocenters. The molecule has 0 spiro atoms. The first-order chi connectivity index (χ1) is 12.9. The van der Waals surface area contributed by atoms with E-state index in [2.05, 4.69) is 29.4 Å². The van der Waals surface area contributed by atoms with Crippen molar-refractivity contribution in [1.82, 2.24) is 4.90 Å². The lowest BCUT2D eigenvalue weighted by molar-refractivity contribution is -0.118. The third-order valence-electron chi connectivity index (χ3n) is 4.10. The second kappa shape index (κ2) is 9.73. The van der Waals surface area contributed by atoms with Crippen molar-refractivity contribution in [2.24, 2.45) is 0 Å². The normalized spacial score (nSPS) is 10.7. The van der Waals surface area contributed by atoms with E-state index in [0.29, 0.717) is 23.7 Å². The second-order valence-electron chi connectivity index (χ2n) is 6.63. The van der Waals surface area contributed by atoms with Gasteiger partial charge < -0.3 is 15.4 Å². The number of amides is 2. The maximum atomic E-state index is 12.6. The summed E-state index contributed by atoms with van der Waals surface area (Å²) in [7, 11) is 1.54. The van der Waals surface area contributed by atoms with Crippen LogP contribution in [-0.2, 0) is 16.1 Å². The van der Waals surface area contributed by atoms with Crippen LogP contribution in [-0.4, -0.2) is 36.4 Å². The Morgan fingerprint density at radius 1 is 1.07 bits per heavy atom. The summed E-state index contributed by atoms with van der Waals surface area (Å²) in [4.78, 5) is 26.0. The number of anilines is 2. The van der Waals surface area contributed by atoms with Crippen molar-refractivity contribution in [3.8, 4) is 5.75 Å². The Bertz CT molecular complexity index is 775. The average molecular weight is 369 g/mol. The first-order valence-corrected chi connectivity index (χ1v) is 8.92. The molecule has 0 bridgehead atoms. The number of nitrogens with zero attached hydrogens (tertiary/aromatic N) is 1. The third-order valence-corrected chi connectivity index (χ3v) is 4.10. The van der Waals surface area contributed by atoms with Crippen LogP contribution in [0.2, 0.25) is 0 Å². The van der Waals surface area contributed by atoms with Gasteiger partial charge in [0.25, 0.3) is 0 Å². The van der Waals surface area contributed by atoms with Crippen LogP contribution in [0.15, 0.2) is 48.5 Å². The van der Waals surface area contributed by atoms with Gasteiger partial charge in [0.2, 0.25) is 11.8 Å². The minimum absolute atomic E-state index is 0.141. The summed E-state index contributed by atoms with van der Waals surface area (Å²) in [6, 6.07) is 15.4. The lowest BCUT2D eigenvalue weighted by Crippen LogP contribution is -2.37. The van der Waals surface area contributed by atoms with Gasteiger partial charge in [-0.2, -0.15) is 0 Å². The first-order valence-electron chi connectivity index (χ1n) is 8.92. The van der Waals surface area contributed by atoms with Crippen LogP contribution < -0.4 is 15.4 Å². The predicted octanol–water partition coefficient (Wildman–Crippen LogP) is 3.50.